The van der Waals surface area contributed by atoms with E-state index < -0.39 is 17.4 Å². The van der Waals surface area contributed by atoms with E-state index in [9.17, 15) is 9.59 Å². The Labute approximate surface area is 146 Å². The van der Waals surface area contributed by atoms with Gasteiger partial charge in [0.05, 0.1) is 38.8 Å². The smallest absolute Gasteiger partial charge is 0.312 e. The lowest BCUT2D eigenvalue weighted by atomic mass is 9.77. The molecule has 0 N–H and O–H groups in total. The Morgan fingerprint density at radius 3 is 2.68 bits per heavy atom. The van der Waals surface area contributed by atoms with Crippen molar-refractivity contribution in [2.75, 3.05) is 20.8 Å². The lowest BCUT2D eigenvalue weighted by Crippen LogP contribution is -2.39. The monoisotopic (exact) mass is 343 g/mol. The predicted octanol–water partition coefficient (Wildman–Crippen LogP) is 1.71. The van der Waals surface area contributed by atoms with E-state index in [1.165, 1.54) is 7.11 Å². The molecule has 4 rings (SSSR count). The van der Waals surface area contributed by atoms with E-state index in [1.807, 2.05) is 43.3 Å². The first kappa shape index (κ1) is 16.1. The maximum Gasteiger partial charge on any atom is 0.312 e. The molecular formula is C19H21NO5. The van der Waals surface area contributed by atoms with Crippen molar-refractivity contribution in [3.8, 4) is 5.75 Å². The third kappa shape index (κ3) is 2.20. The molecule has 1 amide bonds. The average Bonchev–Trinajstić information content (AvgIpc) is 3.29. The number of likely N-dealkylation sites (tertiary alicyclic amines) is 1. The molecule has 2 saturated heterocycles. The predicted molar refractivity (Wildman–Crippen MR) is 88.9 cm³/mol. The fraction of sp³-hybridized carbons (Fsp3) is 0.474. The van der Waals surface area contributed by atoms with Crippen LogP contribution in [0.1, 0.15) is 18.5 Å². The van der Waals surface area contributed by atoms with Gasteiger partial charge in [0, 0.05) is 0 Å². The van der Waals surface area contributed by atoms with Crippen molar-refractivity contribution in [2.45, 2.75) is 24.7 Å². The van der Waals surface area contributed by atoms with Gasteiger partial charge in [-0.25, -0.2) is 0 Å². The number of methoxy groups -OCH3 is 2. The van der Waals surface area contributed by atoms with Gasteiger partial charge in [0.15, 0.2) is 0 Å². The minimum absolute atomic E-state index is 0.0504. The second kappa shape index (κ2) is 5.59. The summed E-state index contributed by atoms with van der Waals surface area (Å²) in [6, 6.07) is 7.55. The van der Waals surface area contributed by atoms with Crippen LogP contribution in [0, 0.1) is 11.8 Å². The standard InChI is InChI=1S/C19H21NO5/c1-11(12-4-6-13(23-2)7-5-12)20-10-19-9-8-14(25-19)15(18(22)24-3)16(19)17(20)21/h4-9,11,14-16H,10H2,1-3H3/t11?,14-,15?,16-,19?/m1/s1. The molecule has 0 aromatic heterocycles. The Morgan fingerprint density at radius 1 is 1.32 bits per heavy atom. The lowest BCUT2D eigenvalue weighted by molar-refractivity contribution is -0.151. The van der Waals surface area contributed by atoms with E-state index in [0.29, 0.717) is 6.54 Å². The Balaban J connectivity index is 1.62. The van der Waals surface area contributed by atoms with Crippen molar-refractivity contribution in [3.05, 3.63) is 42.0 Å². The zero-order chi connectivity index (χ0) is 17.8. The van der Waals surface area contributed by atoms with Crippen molar-refractivity contribution in [1.29, 1.82) is 0 Å². The Kier molecular flexibility index (Phi) is 3.61. The molecule has 3 heterocycles. The molecular weight excluding hydrogens is 322 g/mol. The Bertz CT molecular complexity index is 743. The van der Waals surface area contributed by atoms with Gasteiger partial charge >= 0.3 is 5.97 Å². The summed E-state index contributed by atoms with van der Waals surface area (Å²) < 4.78 is 16.1. The van der Waals surface area contributed by atoms with Crippen LogP contribution >= 0.6 is 0 Å². The molecule has 1 aromatic carbocycles. The number of carbonyl (C=O) groups excluding carboxylic acids is 2. The van der Waals surface area contributed by atoms with Crippen molar-refractivity contribution < 1.29 is 23.8 Å². The number of amides is 1. The van der Waals surface area contributed by atoms with Gasteiger partial charge in [-0.05, 0) is 24.6 Å². The van der Waals surface area contributed by atoms with Crippen molar-refractivity contribution >= 4 is 11.9 Å². The van der Waals surface area contributed by atoms with Gasteiger partial charge in [0.25, 0.3) is 0 Å². The third-order valence-electron chi connectivity index (χ3n) is 5.67. The second-order valence-corrected chi connectivity index (χ2v) is 6.84. The topological polar surface area (TPSA) is 65.1 Å². The molecule has 6 heteroatoms. The highest BCUT2D eigenvalue weighted by atomic mass is 16.5. The molecule has 0 saturated carbocycles. The van der Waals surface area contributed by atoms with Crippen LogP contribution in [0.15, 0.2) is 36.4 Å². The van der Waals surface area contributed by atoms with Crippen molar-refractivity contribution in [3.63, 3.8) is 0 Å². The largest absolute Gasteiger partial charge is 0.497 e. The molecule has 3 unspecified atom stereocenters. The van der Waals surface area contributed by atoms with Gasteiger partial charge < -0.3 is 19.1 Å². The van der Waals surface area contributed by atoms with Crippen molar-refractivity contribution in [2.24, 2.45) is 11.8 Å². The number of benzene rings is 1. The maximum absolute atomic E-state index is 13.1. The lowest BCUT2D eigenvalue weighted by Gasteiger charge is -2.27. The molecule has 0 radical (unpaired) electrons. The van der Waals surface area contributed by atoms with Crippen LogP contribution in [0.25, 0.3) is 0 Å². The van der Waals surface area contributed by atoms with E-state index in [4.69, 9.17) is 14.2 Å². The van der Waals surface area contributed by atoms with Crippen LogP contribution in [-0.4, -0.2) is 49.2 Å². The zero-order valence-electron chi connectivity index (χ0n) is 14.5. The molecule has 3 aliphatic rings. The van der Waals surface area contributed by atoms with Crippen LogP contribution in [0.2, 0.25) is 0 Å². The molecule has 1 aromatic rings. The number of rotatable bonds is 4. The van der Waals surface area contributed by atoms with Crippen LogP contribution in [0.3, 0.4) is 0 Å². The molecule has 6 nitrogen and oxygen atoms in total. The molecule has 5 atom stereocenters. The normalized spacial score (nSPS) is 33.5. The summed E-state index contributed by atoms with van der Waals surface area (Å²) in [5.41, 5.74) is 0.306. The number of nitrogens with zero attached hydrogens (tertiary/aromatic N) is 1. The molecule has 0 aliphatic carbocycles. The summed E-state index contributed by atoms with van der Waals surface area (Å²) in [4.78, 5) is 27.1. The van der Waals surface area contributed by atoms with Gasteiger partial charge in [-0.2, -0.15) is 0 Å². The van der Waals surface area contributed by atoms with Gasteiger partial charge in [-0.15, -0.1) is 0 Å². The SMILES string of the molecule is COC(=O)C1[C@H]2C=CC3(CN(C(C)c4ccc(OC)cc4)C(=O)[C@@H]13)O2. The quantitative estimate of drug-likeness (QED) is 0.615. The summed E-state index contributed by atoms with van der Waals surface area (Å²) in [6.07, 6.45) is 3.47. The van der Waals surface area contributed by atoms with Gasteiger partial charge in [-0.1, -0.05) is 24.3 Å². The van der Waals surface area contributed by atoms with Gasteiger partial charge in [-0.3, -0.25) is 9.59 Å². The average molecular weight is 343 g/mol. The van der Waals surface area contributed by atoms with Gasteiger partial charge in [0.2, 0.25) is 5.91 Å². The zero-order valence-corrected chi connectivity index (χ0v) is 14.5. The van der Waals surface area contributed by atoms with Gasteiger partial charge in [0.1, 0.15) is 17.3 Å². The highest BCUT2D eigenvalue weighted by molar-refractivity contribution is 5.91. The first-order valence-electron chi connectivity index (χ1n) is 8.40. The van der Waals surface area contributed by atoms with Crippen LogP contribution in [0.5, 0.6) is 5.75 Å². The summed E-state index contributed by atoms with van der Waals surface area (Å²) >= 11 is 0. The summed E-state index contributed by atoms with van der Waals surface area (Å²) in [5, 5.41) is 0. The number of hydrogen-bond donors (Lipinski definition) is 0. The molecule has 25 heavy (non-hydrogen) atoms. The number of carbonyl (C=O) groups is 2. The number of esters is 1. The number of hydrogen-bond acceptors (Lipinski definition) is 5. The highest BCUT2D eigenvalue weighted by Gasteiger charge is 2.67. The second-order valence-electron chi connectivity index (χ2n) is 6.84. The first-order valence-corrected chi connectivity index (χ1v) is 8.40. The fourth-order valence-electron chi connectivity index (χ4n) is 4.32. The fourth-order valence-corrected chi connectivity index (χ4v) is 4.32. The molecule has 132 valence electrons. The van der Waals surface area contributed by atoms with Crippen LogP contribution < -0.4 is 4.74 Å². The maximum atomic E-state index is 13.1. The number of ether oxygens (including phenoxy) is 3. The van der Waals surface area contributed by atoms with E-state index in [1.54, 1.807) is 12.0 Å². The highest BCUT2D eigenvalue weighted by Crippen LogP contribution is 2.53. The molecule has 3 aliphatic heterocycles. The summed E-state index contributed by atoms with van der Waals surface area (Å²) in [5.74, 6) is -0.722. The summed E-state index contributed by atoms with van der Waals surface area (Å²) in [6.45, 7) is 2.44. The number of fused-ring (bicyclic) bond motifs is 1. The van der Waals surface area contributed by atoms with Crippen LogP contribution in [0.4, 0.5) is 0 Å². The third-order valence-corrected chi connectivity index (χ3v) is 5.67. The van der Waals surface area contributed by atoms with E-state index in [2.05, 4.69) is 0 Å². The van der Waals surface area contributed by atoms with E-state index in [0.717, 1.165) is 11.3 Å². The summed E-state index contributed by atoms with van der Waals surface area (Å²) in [7, 11) is 2.97. The Hall–Kier alpha value is -2.34. The van der Waals surface area contributed by atoms with Crippen LogP contribution in [-0.2, 0) is 19.1 Å². The minimum Gasteiger partial charge on any atom is -0.497 e. The Morgan fingerprint density at radius 2 is 2.04 bits per heavy atom. The van der Waals surface area contributed by atoms with E-state index in [-0.39, 0.29) is 24.0 Å². The first-order chi connectivity index (χ1) is 12.0. The molecule has 1 spiro atoms. The van der Waals surface area contributed by atoms with Crippen molar-refractivity contribution in [1.82, 2.24) is 4.90 Å². The molecule has 2 bridgehead atoms. The minimum atomic E-state index is -0.707. The molecule has 2 fully saturated rings. The van der Waals surface area contributed by atoms with E-state index >= 15 is 0 Å².